The first-order valence-electron chi connectivity index (χ1n) is 6.95. The van der Waals surface area contributed by atoms with Crippen LogP contribution in [0.3, 0.4) is 0 Å². The smallest absolute Gasteiger partial charge is 0.407 e. The summed E-state index contributed by atoms with van der Waals surface area (Å²) in [6.07, 6.45) is -0.657. The van der Waals surface area contributed by atoms with Gasteiger partial charge in [-0.3, -0.25) is 4.79 Å². The molecule has 1 heterocycles. The lowest BCUT2D eigenvalue weighted by molar-refractivity contribution is -0.127. The Morgan fingerprint density at radius 1 is 1.43 bits per heavy atom. The van der Waals surface area contributed by atoms with Gasteiger partial charge in [0.2, 0.25) is 5.91 Å². The minimum atomic E-state index is -0.506. The highest BCUT2D eigenvalue weighted by Crippen LogP contribution is 2.21. The molecule has 0 aromatic carbocycles. The number of carbonyl (C=O) groups excluding carboxylic acids is 2. The summed E-state index contributed by atoms with van der Waals surface area (Å²) < 4.78 is 5.12. The molecule has 2 N–H and O–H groups in total. The quantitative estimate of drug-likeness (QED) is 0.542. The Bertz CT molecular complexity index is 361. The number of nitrogens with one attached hydrogen (secondary N) is 1. The summed E-state index contributed by atoms with van der Waals surface area (Å²) in [7, 11) is 3.30. The number of alkyl carbamates (subject to hydrolysis) is 1. The van der Waals surface area contributed by atoms with Gasteiger partial charge in [0.25, 0.3) is 0 Å². The highest BCUT2D eigenvalue weighted by Gasteiger charge is 2.27. The van der Waals surface area contributed by atoms with E-state index in [1.807, 2.05) is 20.8 Å². The third-order valence-electron chi connectivity index (χ3n) is 2.58. The number of aliphatic hydroxyl groups is 1. The van der Waals surface area contributed by atoms with Gasteiger partial charge in [0.15, 0.2) is 0 Å². The van der Waals surface area contributed by atoms with Crippen LogP contribution in [0, 0.1) is 0 Å². The lowest BCUT2D eigenvalue weighted by Gasteiger charge is -2.19. The molecule has 0 aromatic rings. The third kappa shape index (κ3) is 8.43. The van der Waals surface area contributed by atoms with E-state index in [1.165, 1.54) is 0 Å². The van der Waals surface area contributed by atoms with Crippen LogP contribution in [0.25, 0.3) is 0 Å². The van der Waals surface area contributed by atoms with Crippen LogP contribution in [0.15, 0.2) is 0 Å². The first-order valence-corrected chi connectivity index (χ1v) is 9.44. The molecule has 0 radical (unpaired) electrons. The van der Waals surface area contributed by atoms with Crippen LogP contribution in [0.1, 0.15) is 27.2 Å². The van der Waals surface area contributed by atoms with Crippen LogP contribution < -0.4 is 5.32 Å². The average Bonchev–Trinajstić information content (AvgIpc) is 2.64. The molecule has 1 fully saturated rings. The molecular formula is C13H24N2O4S2. The molecule has 122 valence electrons. The van der Waals surface area contributed by atoms with E-state index in [2.05, 4.69) is 5.32 Å². The number of hydrogen-bond donors (Lipinski definition) is 2. The number of amides is 2. The Morgan fingerprint density at radius 3 is 2.67 bits per heavy atom. The maximum atomic E-state index is 11.4. The molecule has 0 bridgehead atoms. The molecule has 0 spiro atoms. The number of β-amino-alcohol motifs (C(OH)–C–C–N with tert-alkyl or cyclic N) is 1. The summed E-state index contributed by atoms with van der Waals surface area (Å²) in [6.45, 7) is 7.14. The lowest BCUT2D eigenvalue weighted by atomic mass is 10.2. The van der Waals surface area contributed by atoms with Crippen LogP contribution >= 0.6 is 21.6 Å². The zero-order valence-electron chi connectivity index (χ0n) is 12.8. The minimum absolute atomic E-state index is 0.0275. The topological polar surface area (TPSA) is 78.9 Å². The standard InChI is InChI=1S/C13H24N2O4S2/c1-13(2,3)19-12(18)14-4-6-20-21-7-5-15-9-10(16)8-11(15)17/h10,16H,4-9H2,1-3H3,(H,14,18). The minimum Gasteiger partial charge on any atom is -0.444 e. The number of carbonyl (C=O) groups is 2. The molecule has 1 atom stereocenters. The van der Waals surface area contributed by atoms with E-state index in [0.717, 1.165) is 11.5 Å². The Hall–Kier alpha value is -0.600. The van der Waals surface area contributed by atoms with Crippen molar-refractivity contribution < 1.29 is 19.4 Å². The molecule has 1 unspecified atom stereocenters. The summed E-state index contributed by atoms with van der Waals surface area (Å²) in [5.74, 6) is 1.62. The zero-order valence-corrected chi connectivity index (χ0v) is 14.4. The van der Waals surface area contributed by atoms with Gasteiger partial charge in [-0.05, 0) is 20.8 Å². The summed E-state index contributed by atoms with van der Waals surface area (Å²) in [4.78, 5) is 24.5. The first kappa shape index (κ1) is 18.4. The van der Waals surface area contributed by atoms with E-state index in [-0.39, 0.29) is 12.3 Å². The second-order valence-corrected chi connectivity index (χ2v) is 8.47. The molecule has 1 saturated heterocycles. The Balaban J connectivity index is 1.96. The van der Waals surface area contributed by atoms with Crippen molar-refractivity contribution in [2.75, 3.05) is 31.1 Å². The number of ether oxygens (including phenoxy) is 1. The van der Waals surface area contributed by atoms with Crippen molar-refractivity contribution in [1.82, 2.24) is 10.2 Å². The van der Waals surface area contributed by atoms with Crippen molar-refractivity contribution in [3.8, 4) is 0 Å². The maximum absolute atomic E-state index is 11.4. The van der Waals surface area contributed by atoms with Gasteiger partial charge in [-0.2, -0.15) is 0 Å². The summed E-state index contributed by atoms with van der Waals surface area (Å²) in [5.41, 5.74) is -0.473. The van der Waals surface area contributed by atoms with Crippen LogP contribution in [-0.4, -0.2) is 64.9 Å². The normalized spacial score (nSPS) is 19.0. The fourth-order valence-electron chi connectivity index (χ4n) is 1.74. The van der Waals surface area contributed by atoms with Gasteiger partial charge < -0.3 is 20.1 Å². The first-order chi connectivity index (χ1) is 9.78. The monoisotopic (exact) mass is 336 g/mol. The molecule has 0 aliphatic carbocycles. The number of nitrogens with zero attached hydrogens (tertiary/aromatic N) is 1. The fraction of sp³-hybridized carbons (Fsp3) is 0.846. The van der Waals surface area contributed by atoms with Crippen molar-refractivity contribution in [3.05, 3.63) is 0 Å². The fourth-order valence-corrected chi connectivity index (χ4v) is 3.64. The highest BCUT2D eigenvalue weighted by atomic mass is 33.1. The van der Waals surface area contributed by atoms with Crippen molar-refractivity contribution in [2.45, 2.75) is 38.9 Å². The van der Waals surface area contributed by atoms with Gasteiger partial charge in [0, 0.05) is 31.1 Å². The van der Waals surface area contributed by atoms with Gasteiger partial charge in [0.05, 0.1) is 12.5 Å². The van der Waals surface area contributed by atoms with E-state index in [4.69, 9.17) is 4.74 Å². The molecule has 1 rings (SSSR count). The third-order valence-corrected chi connectivity index (χ3v) is 4.96. The van der Waals surface area contributed by atoms with E-state index in [0.29, 0.717) is 19.6 Å². The van der Waals surface area contributed by atoms with Crippen LogP contribution in [0.2, 0.25) is 0 Å². The van der Waals surface area contributed by atoms with Gasteiger partial charge in [-0.15, -0.1) is 0 Å². The van der Waals surface area contributed by atoms with Gasteiger partial charge in [-0.25, -0.2) is 4.79 Å². The zero-order chi connectivity index (χ0) is 15.9. The number of likely N-dealkylation sites (tertiary alicyclic amines) is 1. The Labute approximate surface area is 133 Å². The van der Waals surface area contributed by atoms with E-state index in [1.54, 1.807) is 26.5 Å². The second-order valence-electron chi connectivity index (χ2n) is 5.77. The van der Waals surface area contributed by atoms with Crippen LogP contribution in [-0.2, 0) is 9.53 Å². The summed E-state index contributed by atoms with van der Waals surface area (Å²) in [6, 6.07) is 0. The predicted octanol–water partition coefficient (Wildman–Crippen LogP) is 1.49. The molecule has 21 heavy (non-hydrogen) atoms. The number of hydrogen-bond acceptors (Lipinski definition) is 6. The molecule has 0 aromatic heterocycles. The molecule has 1 aliphatic heterocycles. The molecule has 0 saturated carbocycles. The largest absolute Gasteiger partial charge is 0.444 e. The lowest BCUT2D eigenvalue weighted by Crippen LogP contribution is -2.33. The van der Waals surface area contributed by atoms with Crippen molar-refractivity contribution in [1.29, 1.82) is 0 Å². The van der Waals surface area contributed by atoms with E-state index in [9.17, 15) is 14.7 Å². The van der Waals surface area contributed by atoms with Crippen molar-refractivity contribution in [3.63, 3.8) is 0 Å². The molecule has 8 heteroatoms. The highest BCUT2D eigenvalue weighted by molar-refractivity contribution is 8.76. The van der Waals surface area contributed by atoms with Crippen LogP contribution in [0.5, 0.6) is 0 Å². The second kappa shape index (κ2) is 8.75. The van der Waals surface area contributed by atoms with E-state index >= 15 is 0 Å². The molecule has 2 amide bonds. The Morgan fingerprint density at radius 2 is 2.10 bits per heavy atom. The predicted molar refractivity (Wildman–Crippen MR) is 86.4 cm³/mol. The summed E-state index contributed by atoms with van der Waals surface area (Å²) in [5, 5.41) is 12.0. The average molecular weight is 336 g/mol. The molecule has 1 aliphatic rings. The van der Waals surface area contributed by atoms with Crippen molar-refractivity contribution >= 4 is 33.6 Å². The van der Waals surface area contributed by atoms with Crippen LogP contribution in [0.4, 0.5) is 4.79 Å². The van der Waals surface area contributed by atoms with Crippen molar-refractivity contribution in [2.24, 2.45) is 0 Å². The number of aliphatic hydroxyl groups excluding tert-OH is 1. The maximum Gasteiger partial charge on any atom is 0.407 e. The van der Waals surface area contributed by atoms with E-state index < -0.39 is 17.8 Å². The Kier molecular flexibility index (Phi) is 7.69. The molecular weight excluding hydrogens is 312 g/mol. The van der Waals surface area contributed by atoms with Gasteiger partial charge in [0.1, 0.15) is 5.60 Å². The number of rotatable bonds is 7. The molecule has 6 nitrogen and oxygen atoms in total. The SMILES string of the molecule is CC(C)(C)OC(=O)NCCSSCCN1CC(O)CC1=O. The van der Waals surface area contributed by atoms with Gasteiger partial charge >= 0.3 is 6.09 Å². The van der Waals surface area contributed by atoms with Gasteiger partial charge in [-0.1, -0.05) is 21.6 Å². The summed E-state index contributed by atoms with van der Waals surface area (Å²) >= 11 is 0.